The molecule has 0 saturated carbocycles. The Labute approximate surface area is 88.0 Å². The van der Waals surface area contributed by atoms with Gasteiger partial charge in [-0.1, -0.05) is 6.07 Å². The fraction of sp³-hybridized carbons (Fsp3) is 0.400. The Balaban J connectivity index is 2.81. The molecular formula is C10H16N2O3. The fourth-order valence-corrected chi connectivity index (χ4v) is 1.31. The molecule has 0 aromatic heterocycles. The number of hydrogen-bond donors (Lipinski definition) is 5. The summed E-state index contributed by atoms with van der Waals surface area (Å²) < 4.78 is 0. The lowest BCUT2D eigenvalue weighted by molar-refractivity contribution is 0.0150. The molecule has 0 amide bonds. The standard InChI is InChI=1S/C10H16N2O3/c11-4-3-9(14)10(15)6-1-2-8(13)7(12)5-6/h1-2,5,9-10,13-15H,3-4,11-12H2. The number of aliphatic hydroxyl groups excluding tert-OH is 2. The zero-order valence-electron chi connectivity index (χ0n) is 8.30. The van der Waals surface area contributed by atoms with E-state index in [1.807, 2.05) is 0 Å². The maximum Gasteiger partial charge on any atom is 0.138 e. The van der Waals surface area contributed by atoms with Crippen LogP contribution in [-0.2, 0) is 0 Å². The van der Waals surface area contributed by atoms with Crippen molar-refractivity contribution in [3.8, 4) is 5.75 Å². The molecule has 0 saturated heterocycles. The zero-order chi connectivity index (χ0) is 11.4. The summed E-state index contributed by atoms with van der Waals surface area (Å²) in [6, 6.07) is 4.32. The molecule has 1 aromatic rings. The van der Waals surface area contributed by atoms with E-state index in [0.29, 0.717) is 18.5 Å². The summed E-state index contributed by atoms with van der Waals surface area (Å²) in [5, 5.41) is 28.4. The van der Waals surface area contributed by atoms with Crippen molar-refractivity contribution in [1.29, 1.82) is 0 Å². The molecule has 0 aliphatic rings. The zero-order valence-corrected chi connectivity index (χ0v) is 8.30. The van der Waals surface area contributed by atoms with Gasteiger partial charge in [-0.25, -0.2) is 0 Å². The molecule has 0 spiro atoms. The average molecular weight is 212 g/mol. The minimum atomic E-state index is -1.03. The first-order valence-electron chi connectivity index (χ1n) is 4.71. The third kappa shape index (κ3) is 2.82. The maximum absolute atomic E-state index is 9.69. The van der Waals surface area contributed by atoms with Crippen molar-refractivity contribution in [2.24, 2.45) is 5.73 Å². The molecule has 0 bridgehead atoms. The number of rotatable bonds is 4. The predicted octanol–water partition coefficient (Wildman–Crippen LogP) is -0.283. The Morgan fingerprint density at radius 3 is 2.47 bits per heavy atom. The van der Waals surface area contributed by atoms with Crippen LogP contribution in [0.25, 0.3) is 0 Å². The molecular weight excluding hydrogens is 196 g/mol. The van der Waals surface area contributed by atoms with Gasteiger partial charge in [-0.15, -0.1) is 0 Å². The topological polar surface area (TPSA) is 113 Å². The van der Waals surface area contributed by atoms with Crippen LogP contribution in [0.4, 0.5) is 5.69 Å². The lowest BCUT2D eigenvalue weighted by Gasteiger charge is -2.17. The molecule has 0 aliphatic heterocycles. The lowest BCUT2D eigenvalue weighted by Crippen LogP contribution is -2.21. The number of aromatic hydroxyl groups is 1. The van der Waals surface area contributed by atoms with Gasteiger partial charge < -0.3 is 26.8 Å². The molecule has 2 atom stereocenters. The number of aliphatic hydroxyl groups is 2. The van der Waals surface area contributed by atoms with Crippen LogP contribution in [0, 0.1) is 0 Å². The number of anilines is 1. The van der Waals surface area contributed by atoms with Crippen molar-refractivity contribution in [2.45, 2.75) is 18.6 Å². The molecule has 2 unspecified atom stereocenters. The third-order valence-electron chi connectivity index (χ3n) is 2.22. The van der Waals surface area contributed by atoms with Crippen LogP contribution in [0.1, 0.15) is 18.1 Å². The molecule has 0 fully saturated rings. The van der Waals surface area contributed by atoms with Crippen molar-refractivity contribution in [3.63, 3.8) is 0 Å². The Hall–Kier alpha value is -1.30. The van der Waals surface area contributed by atoms with E-state index in [4.69, 9.17) is 11.5 Å². The quantitative estimate of drug-likeness (QED) is 0.348. The van der Waals surface area contributed by atoms with E-state index < -0.39 is 12.2 Å². The van der Waals surface area contributed by atoms with Crippen LogP contribution in [0.5, 0.6) is 5.75 Å². The SMILES string of the molecule is NCCC(O)C(O)c1ccc(O)c(N)c1. The van der Waals surface area contributed by atoms with Crippen LogP contribution in [0.15, 0.2) is 18.2 Å². The van der Waals surface area contributed by atoms with Gasteiger partial charge in [0.05, 0.1) is 11.8 Å². The molecule has 1 rings (SSSR count). The maximum atomic E-state index is 9.69. The largest absolute Gasteiger partial charge is 0.506 e. The first-order valence-corrected chi connectivity index (χ1v) is 4.71. The van der Waals surface area contributed by atoms with E-state index >= 15 is 0 Å². The van der Waals surface area contributed by atoms with Crippen molar-refractivity contribution in [1.82, 2.24) is 0 Å². The minimum Gasteiger partial charge on any atom is -0.506 e. The van der Waals surface area contributed by atoms with E-state index in [0.717, 1.165) is 0 Å². The van der Waals surface area contributed by atoms with Crippen molar-refractivity contribution >= 4 is 5.69 Å². The van der Waals surface area contributed by atoms with Crippen molar-refractivity contribution in [2.75, 3.05) is 12.3 Å². The van der Waals surface area contributed by atoms with E-state index in [-0.39, 0.29) is 11.4 Å². The van der Waals surface area contributed by atoms with Crippen LogP contribution in [0.3, 0.4) is 0 Å². The monoisotopic (exact) mass is 212 g/mol. The summed E-state index contributed by atoms with van der Waals surface area (Å²) in [7, 11) is 0. The Bertz CT molecular complexity index is 330. The number of nitrogen functional groups attached to an aromatic ring is 1. The van der Waals surface area contributed by atoms with E-state index in [1.165, 1.54) is 18.2 Å². The van der Waals surface area contributed by atoms with Gasteiger partial charge >= 0.3 is 0 Å². The highest BCUT2D eigenvalue weighted by Gasteiger charge is 2.18. The van der Waals surface area contributed by atoms with Gasteiger partial charge in [-0.2, -0.15) is 0 Å². The van der Waals surface area contributed by atoms with Crippen molar-refractivity contribution in [3.05, 3.63) is 23.8 Å². The second-order valence-corrected chi connectivity index (χ2v) is 3.41. The first kappa shape index (κ1) is 11.8. The Kier molecular flexibility index (Phi) is 3.90. The van der Waals surface area contributed by atoms with Gasteiger partial charge in [0.2, 0.25) is 0 Å². The Morgan fingerprint density at radius 2 is 1.93 bits per heavy atom. The first-order chi connectivity index (χ1) is 7.06. The van der Waals surface area contributed by atoms with Crippen molar-refractivity contribution < 1.29 is 15.3 Å². The highest BCUT2D eigenvalue weighted by molar-refractivity contribution is 5.53. The molecule has 0 heterocycles. The summed E-state index contributed by atoms with van der Waals surface area (Å²) in [6.07, 6.45) is -1.64. The lowest BCUT2D eigenvalue weighted by atomic mass is 10.0. The van der Waals surface area contributed by atoms with E-state index in [9.17, 15) is 15.3 Å². The normalized spacial score (nSPS) is 14.9. The second-order valence-electron chi connectivity index (χ2n) is 3.41. The summed E-state index contributed by atoms with van der Waals surface area (Å²) in [4.78, 5) is 0. The van der Waals surface area contributed by atoms with Crippen LogP contribution < -0.4 is 11.5 Å². The third-order valence-corrected chi connectivity index (χ3v) is 2.22. The molecule has 7 N–H and O–H groups in total. The summed E-state index contributed by atoms with van der Waals surface area (Å²) in [5.74, 6) is -0.0423. The van der Waals surface area contributed by atoms with Gasteiger partial charge in [-0.05, 0) is 30.7 Å². The van der Waals surface area contributed by atoms with Crippen LogP contribution in [0.2, 0.25) is 0 Å². The van der Waals surface area contributed by atoms with Gasteiger partial charge in [0, 0.05) is 0 Å². The number of nitrogens with two attached hydrogens (primary N) is 2. The van der Waals surface area contributed by atoms with Gasteiger partial charge in [-0.3, -0.25) is 0 Å². The number of benzene rings is 1. The molecule has 5 nitrogen and oxygen atoms in total. The fourth-order valence-electron chi connectivity index (χ4n) is 1.31. The molecule has 0 aliphatic carbocycles. The molecule has 84 valence electrons. The number of hydrogen-bond acceptors (Lipinski definition) is 5. The van der Waals surface area contributed by atoms with Gasteiger partial charge in [0.15, 0.2) is 0 Å². The van der Waals surface area contributed by atoms with Crippen LogP contribution in [-0.4, -0.2) is 28.0 Å². The summed E-state index contributed by atoms with van der Waals surface area (Å²) >= 11 is 0. The minimum absolute atomic E-state index is 0.0423. The van der Waals surface area contributed by atoms with Gasteiger partial charge in [0.1, 0.15) is 11.9 Å². The Morgan fingerprint density at radius 1 is 1.27 bits per heavy atom. The van der Waals surface area contributed by atoms with E-state index in [1.54, 1.807) is 0 Å². The molecule has 5 heteroatoms. The number of phenolic OH excluding ortho intramolecular Hbond substituents is 1. The average Bonchev–Trinajstić information content (AvgIpc) is 2.21. The summed E-state index contributed by atoms with van der Waals surface area (Å²) in [6.45, 7) is 0.297. The van der Waals surface area contributed by atoms with E-state index in [2.05, 4.69) is 0 Å². The molecule has 1 aromatic carbocycles. The summed E-state index contributed by atoms with van der Waals surface area (Å²) in [5.41, 5.74) is 11.4. The van der Waals surface area contributed by atoms with Gasteiger partial charge in [0.25, 0.3) is 0 Å². The molecule has 15 heavy (non-hydrogen) atoms. The van der Waals surface area contributed by atoms with Crippen LogP contribution >= 0.6 is 0 Å². The number of phenols is 1. The second kappa shape index (κ2) is 4.97. The predicted molar refractivity (Wildman–Crippen MR) is 57.2 cm³/mol. The highest BCUT2D eigenvalue weighted by Crippen LogP contribution is 2.26. The molecule has 0 radical (unpaired) electrons. The smallest absolute Gasteiger partial charge is 0.138 e. The highest BCUT2D eigenvalue weighted by atomic mass is 16.3.